The van der Waals surface area contributed by atoms with Crippen LogP contribution in [0.2, 0.25) is 0 Å². The summed E-state index contributed by atoms with van der Waals surface area (Å²) in [4.78, 5) is 13.6. The highest BCUT2D eigenvalue weighted by molar-refractivity contribution is 9.10. The maximum atomic E-state index is 11.7. The van der Waals surface area contributed by atoms with E-state index in [0.717, 1.165) is 15.7 Å². The van der Waals surface area contributed by atoms with Crippen molar-refractivity contribution in [3.8, 4) is 0 Å². The number of nitrogens with two attached hydrogens (primary N) is 1. The highest BCUT2D eigenvalue weighted by atomic mass is 79.9. The number of benzene rings is 1. The fourth-order valence-electron chi connectivity index (χ4n) is 1.36. The van der Waals surface area contributed by atoms with Gasteiger partial charge in [-0.05, 0) is 25.1 Å². The minimum atomic E-state index is 0.0225. The Labute approximate surface area is 121 Å². The monoisotopic (exact) mass is 329 g/mol. The standard InChI is InChI=1S/C12H16BrN3OS/c1-3-16(2)11(17)7-15-10-5-4-8(13)6-9(10)12(14)18/h4-6,15H,3,7H2,1-2H3,(H2,14,18). The van der Waals surface area contributed by atoms with Gasteiger partial charge in [0.15, 0.2) is 0 Å². The third-order valence-electron chi connectivity index (χ3n) is 2.58. The number of rotatable bonds is 5. The Morgan fingerprint density at radius 1 is 1.56 bits per heavy atom. The van der Waals surface area contributed by atoms with Gasteiger partial charge in [0.25, 0.3) is 0 Å². The molecule has 0 radical (unpaired) electrons. The third-order valence-corrected chi connectivity index (χ3v) is 3.29. The maximum absolute atomic E-state index is 11.7. The van der Waals surface area contributed by atoms with Gasteiger partial charge in [0.05, 0.1) is 6.54 Å². The molecule has 1 aromatic rings. The van der Waals surface area contributed by atoms with E-state index in [-0.39, 0.29) is 12.5 Å². The number of carbonyl (C=O) groups excluding carboxylic acids is 1. The first-order valence-electron chi connectivity index (χ1n) is 5.53. The Morgan fingerprint density at radius 2 is 2.22 bits per heavy atom. The summed E-state index contributed by atoms with van der Waals surface area (Å²) in [5, 5.41) is 3.06. The van der Waals surface area contributed by atoms with Crippen LogP contribution in [0, 0.1) is 0 Å². The van der Waals surface area contributed by atoms with Crippen molar-refractivity contribution in [2.75, 3.05) is 25.5 Å². The second-order valence-electron chi connectivity index (χ2n) is 3.82. The van der Waals surface area contributed by atoms with Gasteiger partial charge < -0.3 is 16.0 Å². The van der Waals surface area contributed by atoms with E-state index >= 15 is 0 Å². The molecule has 0 spiro atoms. The highest BCUT2D eigenvalue weighted by Gasteiger charge is 2.09. The topological polar surface area (TPSA) is 58.4 Å². The minimum absolute atomic E-state index is 0.0225. The first-order chi connectivity index (χ1) is 8.45. The fourth-order valence-corrected chi connectivity index (χ4v) is 1.89. The minimum Gasteiger partial charge on any atom is -0.389 e. The van der Waals surface area contributed by atoms with E-state index in [1.54, 1.807) is 11.9 Å². The van der Waals surface area contributed by atoms with Gasteiger partial charge in [-0.1, -0.05) is 28.1 Å². The second kappa shape index (κ2) is 6.70. The van der Waals surface area contributed by atoms with E-state index in [1.807, 2.05) is 25.1 Å². The van der Waals surface area contributed by atoms with Gasteiger partial charge in [-0.25, -0.2) is 0 Å². The summed E-state index contributed by atoms with van der Waals surface area (Å²) >= 11 is 8.35. The number of hydrogen-bond acceptors (Lipinski definition) is 3. The Bertz CT molecular complexity index is 465. The van der Waals surface area contributed by atoms with E-state index < -0.39 is 0 Å². The van der Waals surface area contributed by atoms with E-state index in [0.29, 0.717) is 11.5 Å². The molecule has 0 aliphatic rings. The molecule has 1 amide bonds. The number of nitrogens with one attached hydrogen (secondary N) is 1. The van der Waals surface area contributed by atoms with Crippen molar-refractivity contribution in [2.24, 2.45) is 5.73 Å². The number of carbonyl (C=O) groups is 1. The number of amides is 1. The van der Waals surface area contributed by atoms with Gasteiger partial charge in [0.1, 0.15) is 4.99 Å². The van der Waals surface area contributed by atoms with Gasteiger partial charge in [0.2, 0.25) is 5.91 Å². The highest BCUT2D eigenvalue weighted by Crippen LogP contribution is 2.20. The molecule has 98 valence electrons. The maximum Gasteiger partial charge on any atom is 0.241 e. The Balaban J connectivity index is 2.79. The van der Waals surface area contributed by atoms with Crippen LogP contribution in [0.4, 0.5) is 5.69 Å². The zero-order chi connectivity index (χ0) is 13.7. The molecular weight excluding hydrogens is 314 g/mol. The molecule has 0 aliphatic heterocycles. The molecule has 0 saturated heterocycles. The van der Waals surface area contributed by atoms with Crippen LogP contribution >= 0.6 is 28.1 Å². The molecule has 0 saturated carbocycles. The lowest BCUT2D eigenvalue weighted by molar-refractivity contribution is -0.127. The largest absolute Gasteiger partial charge is 0.389 e. The van der Waals surface area contributed by atoms with Crippen molar-refractivity contribution in [3.05, 3.63) is 28.2 Å². The average Bonchev–Trinajstić information content (AvgIpc) is 2.35. The number of nitrogens with zero attached hydrogens (tertiary/aromatic N) is 1. The van der Waals surface area contributed by atoms with E-state index in [1.165, 1.54) is 0 Å². The summed E-state index contributed by atoms with van der Waals surface area (Å²) in [5.74, 6) is 0.0225. The summed E-state index contributed by atoms with van der Waals surface area (Å²) in [7, 11) is 1.76. The van der Waals surface area contributed by atoms with Gasteiger partial charge in [-0.15, -0.1) is 0 Å². The summed E-state index contributed by atoms with van der Waals surface area (Å²) in [6.45, 7) is 2.84. The molecule has 4 nitrogen and oxygen atoms in total. The predicted octanol–water partition coefficient (Wildman–Crippen LogP) is 1.97. The molecule has 1 aromatic carbocycles. The van der Waals surface area contributed by atoms with Crippen LogP contribution in [0.5, 0.6) is 0 Å². The zero-order valence-corrected chi connectivity index (χ0v) is 12.8. The van der Waals surface area contributed by atoms with Crippen LogP contribution in [0.15, 0.2) is 22.7 Å². The molecule has 0 atom stereocenters. The smallest absolute Gasteiger partial charge is 0.241 e. The first-order valence-corrected chi connectivity index (χ1v) is 6.73. The van der Waals surface area contributed by atoms with Crippen LogP contribution in [0.25, 0.3) is 0 Å². The van der Waals surface area contributed by atoms with Gasteiger partial charge in [0, 0.05) is 29.3 Å². The number of anilines is 1. The summed E-state index contributed by atoms with van der Waals surface area (Å²) in [5.41, 5.74) is 7.15. The zero-order valence-electron chi connectivity index (χ0n) is 10.4. The number of likely N-dealkylation sites (N-methyl/N-ethyl adjacent to an activating group) is 1. The summed E-state index contributed by atoms with van der Waals surface area (Å²) in [6, 6.07) is 5.55. The van der Waals surface area contributed by atoms with Crippen molar-refractivity contribution in [1.29, 1.82) is 0 Å². The first kappa shape index (κ1) is 14.9. The third kappa shape index (κ3) is 3.96. The SMILES string of the molecule is CCN(C)C(=O)CNc1ccc(Br)cc1C(N)=S. The predicted molar refractivity (Wildman–Crippen MR) is 81.8 cm³/mol. The molecule has 0 bridgehead atoms. The van der Waals surface area contributed by atoms with Gasteiger partial charge in [-0.3, -0.25) is 4.79 Å². The van der Waals surface area contributed by atoms with Crippen molar-refractivity contribution >= 4 is 44.7 Å². The van der Waals surface area contributed by atoms with Gasteiger partial charge >= 0.3 is 0 Å². The lowest BCUT2D eigenvalue weighted by Gasteiger charge is -2.16. The van der Waals surface area contributed by atoms with Crippen molar-refractivity contribution in [1.82, 2.24) is 4.90 Å². The number of hydrogen-bond donors (Lipinski definition) is 2. The van der Waals surface area contributed by atoms with Crippen LogP contribution in [-0.2, 0) is 4.79 Å². The lowest BCUT2D eigenvalue weighted by atomic mass is 10.2. The molecule has 0 aromatic heterocycles. The van der Waals surface area contributed by atoms with Crippen LogP contribution in [0.3, 0.4) is 0 Å². The second-order valence-corrected chi connectivity index (χ2v) is 5.17. The number of halogens is 1. The molecule has 18 heavy (non-hydrogen) atoms. The van der Waals surface area contributed by atoms with Crippen molar-refractivity contribution in [2.45, 2.75) is 6.92 Å². The normalized spacial score (nSPS) is 9.94. The van der Waals surface area contributed by atoms with E-state index in [9.17, 15) is 4.79 Å². The number of thiocarbonyl (C=S) groups is 1. The summed E-state index contributed by atoms with van der Waals surface area (Å²) < 4.78 is 0.896. The molecule has 0 unspecified atom stereocenters. The molecule has 0 aliphatic carbocycles. The van der Waals surface area contributed by atoms with Crippen molar-refractivity contribution in [3.63, 3.8) is 0 Å². The molecule has 6 heteroatoms. The molecular formula is C12H16BrN3OS. The Kier molecular flexibility index (Phi) is 5.55. The fraction of sp³-hybridized carbons (Fsp3) is 0.333. The van der Waals surface area contributed by atoms with Crippen molar-refractivity contribution < 1.29 is 4.79 Å². The summed E-state index contributed by atoms with van der Waals surface area (Å²) in [6.07, 6.45) is 0. The van der Waals surface area contributed by atoms with E-state index in [2.05, 4.69) is 21.2 Å². The molecule has 1 rings (SSSR count). The van der Waals surface area contributed by atoms with Gasteiger partial charge in [-0.2, -0.15) is 0 Å². The van der Waals surface area contributed by atoms with Crippen LogP contribution in [-0.4, -0.2) is 35.9 Å². The quantitative estimate of drug-likeness (QED) is 0.811. The van der Waals surface area contributed by atoms with E-state index in [4.69, 9.17) is 18.0 Å². The molecule has 0 fully saturated rings. The average molecular weight is 330 g/mol. The Morgan fingerprint density at radius 3 is 2.78 bits per heavy atom. The van der Waals surface area contributed by atoms with Crippen LogP contribution < -0.4 is 11.1 Å². The Hall–Kier alpha value is -1.14. The lowest BCUT2D eigenvalue weighted by Crippen LogP contribution is -2.32. The molecule has 0 heterocycles. The molecule has 3 N–H and O–H groups in total. The van der Waals surface area contributed by atoms with Crippen LogP contribution in [0.1, 0.15) is 12.5 Å².